The third-order valence-electron chi connectivity index (χ3n) is 2.20. The van der Waals surface area contributed by atoms with Gasteiger partial charge in [0.1, 0.15) is 11.4 Å². The number of esters is 1. The van der Waals surface area contributed by atoms with E-state index >= 15 is 0 Å². The highest BCUT2D eigenvalue weighted by molar-refractivity contribution is 6.32. The van der Waals surface area contributed by atoms with Crippen LogP contribution in [0, 0.1) is 10.1 Å². The molecule has 8 heteroatoms. The van der Waals surface area contributed by atoms with E-state index in [1.54, 1.807) is 20.8 Å². The summed E-state index contributed by atoms with van der Waals surface area (Å²) in [7, 11) is 1.29. The minimum Gasteiger partial charge on any atom is -0.490 e. The second-order valence-electron chi connectivity index (χ2n) is 5.09. The standard InChI is InChI=1S/C13H16ClNO6/c1-13(2,3)21-12(16)7-20-10-6-11(19-4)9(15(17)18)5-8(10)14/h5-6H,7H2,1-4H3. The molecule has 0 saturated heterocycles. The van der Waals surface area contributed by atoms with Crippen LogP contribution in [0.4, 0.5) is 5.69 Å². The monoisotopic (exact) mass is 317 g/mol. The van der Waals surface area contributed by atoms with Gasteiger partial charge in [0.15, 0.2) is 6.61 Å². The molecule has 0 N–H and O–H groups in total. The first-order chi connectivity index (χ1) is 9.64. The van der Waals surface area contributed by atoms with Crippen LogP contribution in [0.3, 0.4) is 0 Å². The maximum Gasteiger partial charge on any atom is 0.344 e. The fraction of sp³-hybridized carbons (Fsp3) is 0.462. The summed E-state index contributed by atoms with van der Waals surface area (Å²) < 4.78 is 15.2. The van der Waals surface area contributed by atoms with Gasteiger partial charge in [0.25, 0.3) is 0 Å². The Bertz CT molecular complexity index is 552. The summed E-state index contributed by atoms with van der Waals surface area (Å²) in [5.74, 6) is -0.482. The van der Waals surface area contributed by atoms with Gasteiger partial charge >= 0.3 is 11.7 Å². The first-order valence-corrected chi connectivity index (χ1v) is 6.38. The predicted octanol–water partition coefficient (Wildman–Crippen LogP) is 2.98. The van der Waals surface area contributed by atoms with E-state index in [0.29, 0.717) is 0 Å². The Morgan fingerprint density at radius 1 is 1.33 bits per heavy atom. The topological polar surface area (TPSA) is 87.9 Å². The Labute approximate surface area is 126 Å². The molecule has 21 heavy (non-hydrogen) atoms. The summed E-state index contributed by atoms with van der Waals surface area (Å²) in [4.78, 5) is 21.7. The molecule has 0 saturated carbocycles. The Morgan fingerprint density at radius 2 is 1.95 bits per heavy atom. The van der Waals surface area contributed by atoms with Crippen molar-refractivity contribution < 1.29 is 23.9 Å². The second-order valence-corrected chi connectivity index (χ2v) is 5.49. The molecule has 0 radical (unpaired) electrons. The number of nitro benzene ring substituents is 1. The molecule has 7 nitrogen and oxygen atoms in total. The summed E-state index contributed by atoms with van der Waals surface area (Å²) in [5, 5.41) is 10.8. The molecule has 0 heterocycles. The smallest absolute Gasteiger partial charge is 0.344 e. The highest BCUT2D eigenvalue weighted by atomic mass is 35.5. The van der Waals surface area contributed by atoms with Gasteiger partial charge in [-0.15, -0.1) is 0 Å². The number of hydrogen-bond donors (Lipinski definition) is 0. The molecule has 0 aliphatic rings. The van der Waals surface area contributed by atoms with Crippen LogP contribution in [0.25, 0.3) is 0 Å². The summed E-state index contributed by atoms with van der Waals surface area (Å²) in [6.45, 7) is 4.82. The van der Waals surface area contributed by atoms with Gasteiger partial charge in [-0.1, -0.05) is 11.6 Å². The fourth-order valence-corrected chi connectivity index (χ4v) is 1.66. The molecule has 1 aromatic rings. The van der Waals surface area contributed by atoms with Gasteiger partial charge in [0.2, 0.25) is 5.75 Å². The minimum atomic E-state index is -0.628. The van der Waals surface area contributed by atoms with E-state index in [1.807, 2.05) is 0 Å². The highest BCUT2D eigenvalue weighted by Crippen LogP contribution is 2.37. The fourth-order valence-electron chi connectivity index (χ4n) is 1.45. The number of rotatable bonds is 5. The molecular weight excluding hydrogens is 302 g/mol. The number of hydrogen-bond acceptors (Lipinski definition) is 6. The molecule has 0 atom stereocenters. The van der Waals surface area contributed by atoms with Crippen molar-refractivity contribution in [3.63, 3.8) is 0 Å². The molecule has 0 unspecified atom stereocenters. The zero-order valence-electron chi connectivity index (χ0n) is 12.1. The lowest BCUT2D eigenvalue weighted by atomic mass is 10.2. The zero-order valence-corrected chi connectivity index (χ0v) is 12.9. The lowest BCUT2D eigenvalue weighted by molar-refractivity contribution is -0.385. The van der Waals surface area contributed by atoms with Gasteiger partial charge in [-0.3, -0.25) is 10.1 Å². The Hall–Kier alpha value is -2.02. The molecule has 0 aromatic heterocycles. The summed E-state index contributed by atoms with van der Waals surface area (Å²) >= 11 is 5.88. The first kappa shape index (κ1) is 17.0. The Kier molecular flexibility index (Phi) is 5.37. The lowest BCUT2D eigenvalue weighted by Crippen LogP contribution is -2.27. The van der Waals surface area contributed by atoms with Crippen molar-refractivity contribution in [3.05, 3.63) is 27.3 Å². The van der Waals surface area contributed by atoms with Crippen LogP contribution < -0.4 is 9.47 Å². The molecule has 116 valence electrons. The van der Waals surface area contributed by atoms with Crippen molar-refractivity contribution in [2.24, 2.45) is 0 Å². The molecule has 0 bridgehead atoms. The van der Waals surface area contributed by atoms with Crippen molar-refractivity contribution in [2.75, 3.05) is 13.7 Å². The van der Waals surface area contributed by atoms with E-state index in [-0.39, 0.29) is 28.8 Å². The van der Waals surface area contributed by atoms with Gasteiger partial charge in [-0.25, -0.2) is 4.79 Å². The zero-order chi connectivity index (χ0) is 16.2. The molecule has 0 fully saturated rings. The van der Waals surface area contributed by atoms with Gasteiger partial charge in [-0.2, -0.15) is 0 Å². The maximum atomic E-state index is 11.5. The van der Waals surface area contributed by atoms with E-state index in [0.717, 1.165) is 6.07 Å². The van der Waals surface area contributed by atoms with Gasteiger partial charge in [0, 0.05) is 12.1 Å². The van der Waals surface area contributed by atoms with Crippen LogP contribution in [-0.2, 0) is 9.53 Å². The van der Waals surface area contributed by atoms with Crippen LogP contribution in [0.15, 0.2) is 12.1 Å². The van der Waals surface area contributed by atoms with Crippen molar-refractivity contribution in [1.82, 2.24) is 0 Å². The van der Waals surface area contributed by atoms with E-state index < -0.39 is 16.5 Å². The average Bonchev–Trinajstić information content (AvgIpc) is 2.34. The van der Waals surface area contributed by atoms with Gasteiger partial charge in [0.05, 0.1) is 17.1 Å². The van der Waals surface area contributed by atoms with E-state index in [4.69, 9.17) is 25.8 Å². The molecule has 1 aromatic carbocycles. The number of nitro groups is 1. The quantitative estimate of drug-likeness (QED) is 0.471. The third-order valence-corrected chi connectivity index (χ3v) is 2.49. The van der Waals surface area contributed by atoms with Crippen molar-refractivity contribution in [1.29, 1.82) is 0 Å². The second kappa shape index (κ2) is 6.62. The van der Waals surface area contributed by atoms with Crippen molar-refractivity contribution in [2.45, 2.75) is 26.4 Å². The minimum absolute atomic E-state index is 0.00561. The lowest BCUT2D eigenvalue weighted by Gasteiger charge is -2.19. The average molecular weight is 318 g/mol. The third kappa shape index (κ3) is 5.11. The normalized spacial score (nSPS) is 10.9. The van der Waals surface area contributed by atoms with Crippen LogP contribution in [0.2, 0.25) is 5.02 Å². The number of benzene rings is 1. The summed E-state index contributed by atoms with van der Waals surface area (Å²) in [5.41, 5.74) is -0.913. The molecule has 0 aliphatic heterocycles. The Morgan fingerprint density at radius 3 is 2.43 bits per heavy atom. The summed E-state index contributed by atoms with van der Waals surface area (Å²) in [6, 6.07) is 2.36. The molecule has 0 aliphatic carbocycles. The highest BCUT2D eigenvalue weighted by Gasteiger charge is 2.21. The summed E-state index contributed by atoms with van der Waals surface area (Å²) in [6.07, 6.45) is 0. The first-order valence-electron chi connectivity index (χ1n) is 6.00. The Balaban J connectivity index is 2.85. The number of nitrogens with zero attached hydrogens (tertiary/aromatic N) is 1. The number of carbonyl (C=O) groups excluding carboxylic acids is 1. The van der Waals surface area contributed by atoms with Crippen LogP contribution in [0.1, 0.15) is 20.8 Å². The number of carbonyl (C=O) groups is 1. The number of halogens is 1. The molecule has 0 spiro atoms. The van der Waals surface area contributed by atoms with E-state index in [1.165, 1.54) is 13.2 Å². The van der Waals surface area contributed by atoms with Crippen molar-refractivity contribution >= 4 is 23.3 Å². The number of methoxy groups -OCH3 is 1. The van der Waals surface area contributed by atoms with Gasteiger partial charge in [-0.05, 0) is 20.8 Å². The van der Waals surface area contributed by atoms with Crippen molar-refractivity contribution in [3.8, 4) is 11.5 Å². The van der Waals surface area contributed by atoms with Gasteiger partial charge < -0.3 is 14.2 Å². The van der Waals surface area contributed by atoms with Crippen LogP contribution in [0.5, 0.6) is 11.5 Å². The number of ether oxygens (including phenoxy) is 3. The maximum absolute atomic E-state index is 11.5. The van der Waals surface area contributed by atoms with Crippen LogP contribution >= 0.6 is 11.6 Å². The molecule has 1 rings (SSSR count). The van der Waals surface area contributed by atoms with E-state index in [2.05, 4.69) is 0 Å². The van der Waals surface area contributed by atoms with Crippen LogP contribution in [-0.4, -0.2) is 30.2 Å². The molecular formula is C13H16ClNO6. The predicted molar refractivity (Wildman–Crippen MR) is 76.0 cm³/mol. The largest absolute Gasteiger partial charge is 0.490 e. The SMILES string of the molecule is COc1cc(OCC(=O)OC(C)(C)C)c(Cl)cc1[N+](=O)[O-]. The molecule has 0 amide bonds. The van der Waals surface area contributed by atoms with E-state index in [9.17, 15) is 14.9 Å².